The topological polar surface area (TPSA) is 24.5 Å². The van der Waals surface area contributed by atoms with Crippen molar-refractivity contribution >= 4 is 0 Å². The number of nitrogens with zero attached hydrogens (tertiary/aromatic N) is 1. The van der Waals surface area contributed by atoms with Crippen LogP contribution in [0.3, 0.4) is 0 Å². The molecule has 1 aliphatic heterocycles. The van der Waals surface area contributed by atoms with Crippen LogP contribution in [0.15, 0.2) is 24.3 Å². The minimum absolute atomic E-state index is 0.149. The van der Waals surface area contributed by atoms with Crippen LogP contribution in [0, 0.1) is 5.92 Å². The van der Waals surface area contributed by atoms with Crippen LogP contribution in [-0.2, 0) is 0 Å². The Bertz CT molecular complexity index is 479. The summed E-state index contributed by atoms with van der Waals surface area (Å²) < 4.78 is 40.7. The van der Waals surface area contributed by atoms with Crippen molar-refractivity contribution < 1.29 is 17.9 Å². The zero-order chi connectivity index (χ0) is 15.6. The number of rotatable bonds is 4. The highest BCUT2D eigenvalue weighted by molar-refractivity contribution is 5.30. The zero-order valence-corrected chi connectivity index (χ0v) is 12.4. The summed E-state index contributed by atoms with van der Waals surface area (Å²) >= 11 is 0. The lowest BCUT2D eigenvalue weighted by molar-refractivity contribution is -0.274. The highest BCUT2D eigenvalue weighted by atomic mass is 19.4. The Morgan fingerprint density at radius 2 is 1.73 bits per heavy atom. The number of hydrogen-bond acceptors (Lipinski definition) is 3. The summed E-state index contributed by atoms with van der Waals surface area (Å²) in [5.41, 5.74) is 1.10. The van der Waals surface area contributed by atoms with Crippen molar-refractivity contribution in [2.45, 2.75) is 31.7 Å². The van der Waals surface area contributed by atoms with Crippen LogP contribution >= 0.6 is 0 Å². The van der Waals surface area contributed by atoms with Gasteiger partial charge in [-0.3, -0.25) is 4.90 Å². The van der Waals surface area contributed by atoms with Gasteiger partial charge in [0.1, 0.15) is 5.75 Å². The molecule has 0 radical (unpaired) electrons. The van der Waals surface area contributed by atoms with Gasteiger partial charge in [-0.2, -0.15) is 0 Å². The Labute approximate surface area is 128 Å². The predicted octanol–water partition coefficient (Wildman–Crippen LogP) is 3.33. The number of benzene rings is 1. The van der Waals surface area contributed by atoms with E-state index in [1.54, 1.807) is 12.1 Å². The SMILES string of the molecule is FC(F)(F)Oc1ccc([C@H](C2CCC2)N2CCNCC2)cc1. The van der Waals surface area contributed by atoms with Crippen LogP contribution in [0.4, 0.5) is 13.2 Å². The lowest BCUT2D eigenvalue weighted by Gasteiger charge is -2.43. The Hall–Kier alpha value is -1.27. The zero-order valence-electron chi connectivity index (χ0n) is 12.4. The van der Waals surface area contributed by atoms with Crippen molar-refractivity contribution in [3.63, 3.8) is 0 Å². The lowest BCUT2D eigenvalue weighted by atomic mass is 9.76. The van der Waals surface area contributed by atoms with E-state index in [9.17, 15) is 13.2 Å². The summed E-state index contributed by atoms with van der Waals surface area (Å²) in [5.74, 6) is 0.469. The molecular formula is C16H21F3N2O. The molecule has 1 saturated heterocycles. The third-order valence-corrected chi connectivity index (χ3v) is 4.60. The van der Waals surface area contributed by atoms with Crippen LogP contribution in [-0.4, -0.2) is 37.4 Å². The van der Waals surface area contributed by atoms with Crippen LogP contribution in [0.5, 0.6) is 5.75 Å². The molecular weight excluding hydrogens is 293 g/mol. The van der Waals surface area contributed by atoms with Gasteiger partial charge in [-0.25, -0.2) is 0 Å². The Morgan fingerprint density at radius 3 is 2.23 bits per heavy atom. The molecule has 0 spiro atoms. The van der Waals surface area contributed by atoms with Gasteiger partial charge in [-0.15, -0.1) is 13.2 Å². The van der Waals surface area contributed by atoms with Gasteiger partial charge in [0.05, 0.1) is 0 Å². The fraction of sp³-hybridized carbons (Fsp3) is 0.625. The molecule has 2 fully saturated rings. The van der Waals surface area contributed by atoms with Gasteiger partial charge < -0.3 is 10.1 Å². The summed E-state index contributed by atoms with van der Waals surface area (Å²) in [6.45, 7) is 3.92. The molecule has 1 heterocycles. The van der Waals surface area contributed by atoms with E-state index in [0.717, 1.165) is 31.7 Å². The summed E-state index contributed by atoms with van der Waals surface area (Å²) in [5, 5.41) is 3.34. The van der Waals surface area contributed by atoms with E-state index in [1.165, 1.54) is 31.4 Å². The smallest absolute Gasteiger partial charge is 0.406 e. The summed E-state index contributed by atoms with van der Waals surface area (Å²) in [6, 6.07) is 6.74. The number of ether oxygens (including phenoxy) is 1. The van der Waals surface area contributed by atoms with E-state index in [2.05, 4.69) is 15.0 Å². The van der Waals surface area contributed by atoms with Crippen LogP contribution in [0.1, 0.15) is 30.9 Å². The highest BCUT2D eigenvalue weighted by Gasteiger charge is 2.34. The number of hydrogen-bond donors (Lipinski definition) is 1. The first-order valence-electron chi connectivity index (χ1n) is 7.83. The van der Waals surface area contributed by atoms with Crippen molar-refractivity contribution in [1.82, 2.24) is 10.2 Å². The van der Waals surface area contributed by atoms with Crippen LogP contribution < -0.4 is 10.1 Å². The van der Waals surface area contributed by atoms with E-state index in [4.69, 9.17) is 0 Å². The molecule has 0 bridgehead atoms. The van der Waals surface area contributed by atoms with Crippen LogP contribution in [0.25, 0.3) is 0 Å². The van der Waals surface area contributed by atoms with Crippen molar-refractivity contribution in [2.75, 3.05) is 26.2 Å². The molecule has 0 amide bonds. The minimum atomic E-state index is -4.63. The normalized spacial score (nSPS) is 22.1. The first-order chi connectivity index (χ1) is 10.5. The standard InChI is InChI=1S/C16H21F3N2O/c17-16(18,19)22-14-6-4-13(5-7-14)15(12-2-1-3-12)21-10-8-20-9-11-21/h4-7,12,15,20H,1-3,8-11H2/t15-/m0/s1. The summed E-state index contributed by atoms with van der Waals surface area (Å²) in [7, 11) is 0. The van der Waals surface area contributed by atoms with Crippen molar-refractivity contribution in [3.05, 3.63) is 29.8 Å². The maximum atomic E-state index is 12.2. The molecule has 1 aromatic carbocycles. The third kappa shape index (κ3) is 3.73. The monoisotopic (exact) mass is 314 g/mol. The Morgan fingerprint density at radius 1 is 1.09 bits per heavy atom. The van der Waals surface area contributed by atoms with Gasteiger partial charge in [-0.05, 0) is 36.5 Å². The first-order valence-corrected chi connectivity index (χ1v) is 7.83. The van der Waals surface area contributed by atoms with Gasteiger partial charge in [0.25, 0.3) is 0 Å². The molecule has 1 atom stereocenters. The minimum Gasteiger partial charge on any atom is -0.406 e. The molecule has 1 aliphatic carbocycles. The summed E-state index contributed by atoms with van der Waals surface area (Å²) in [6.07, 6.45) is -0.971. The molecule has 6 heteroatoms. The first kappa shape index (κ1) is 15.6. The second-order valence-corrected chi connectivity index (χ2v) is 6.04. The van der Waals surface area contributed by atoms with Gasteiger partial charge in [0.15, 0.2) is 0 Å². The summed E-state index contributed by atoms with van der Waals surface area (Å²) in [4.78, 5) is 2.46. The van der Waals surface area contributed by atoms with Gasteiger partial charge in [0, 0.05) is 32.2 Å². The molecule has 1 saturated carbocycles. The molecule has 2 aliphatic rings. The van der Waals surface area contributed by atoms with Crippen LogP contribution in [0.2, 0.25) is 0 Å². The van der Waals surface area contributed by atoms with Gasteiger partial charge in [-0.1, -0.05) is 18.6 Å². The quantitative estimate of drug-likeness (QED) is 0.922. The van der Waals surface area contributed by atoms with Gasteiger partial charge in [0.2, 0.25) is 0 Å². The molecule has 3 nitrogen and oxygen atoms in total. The molecule has 122 valence electrons. The number of halogens is 3. The van der Waals surface area contributed by atoms with Crippen molar-refractivity contribution in [2.24, 2.45) is 5.92 Å². The number of piperazine rings is 1. The average Bonchev–Trinajstić information content (AvgIpc) is 2.43. The average molecular weight is 314 g/mol. The predicted molar refractivity (Wildman–Crippen MR) is 77.6 cm³/mol. The van der Waals surface area contributed by atoms with Crippen molar-refractivity contribution in [3.8, 4) is 5.75 Å². The fourth-order valence-electron chi connectivity index (χ4n) is 3.36. The highest BCUT2D eigenvalue weighted by Crippen LogP contribution is 2.42. The van der Waals surface area contributed by atoms with Gasteiger partial charge >= 0.3 is 6.36 Å². The molecule has 1 aromatic rings. The van der Waals surface area contributed by atoms with E-state index in [1.807, 2.05) is 0 Å². The molecule has 3 rings (SSSR count). The maximum Gasteiger partial charge on any atom is 0.573 e. The Balaban J connectivity index is 1.75. The molecule has 22 heavy (non-hydrogen) atoms. The third-order valence-electron chi connectivity index (χ3n) is 4.60. The molecule has 0 aromatic heterocycles. The number of alkyl halides is 3. The second-order valence-electron chi connectivity index (χ2n) is 6.04. The van der Waals surface area contributed by atoms with Crippen molar-refractivity contribution in [1.29, 1.82) is 0 Å². The second kappa shape index (κ2) is 6.46. The Kier molecular flexibility index (Phi) is 4.59. The van der Waals surface area contributed by atoms with E-state index in [-0.39, 0.29) is 5.75 Å². The van der Waals surface area contributed by atoms with E-state index >= 15 is 0 Å². The number of nitrogens with one attached hydrogen (secondary N) is 1. The largest absolute Gasteiger partial charge is 0.573 e. The molecule has 1 N–H and O–H groups in total. The molecule has 0 unspecified atom stereocenters. The fourth-order valence-corrected chi connectivity index (χ4v) is 3.36. The van der Waals surface area contributed by atoms with E-state index < -0.39 is 6.36 Å². The lowest BCUT2D eigenvalue weighted by Crippen LogP contribution is -2.47. The van der Waals surface area contributed by atoms with E-state index in [0.29, 0.717) is 12.0 Å². The maximum absolute atomic E-state index is 12.2.